The Hall–Kier alpha value is -2.04. The summed E-state index contributed by atoms with van der Waals surface area (Å²) < 4.78 is 19.1. The van der Waals surface area contributed by atoms with E-state index in [1.807, 2.05) is 0 Å². The third-order valence-corrected chi connectivity index (χ3v) is 3.10. The van der Waals surface area contributed by atoms with E-state index in [2.05, 4.69) is 0 Å². The summed E-state index contributed by atoms with van der Waals surface area (Å²) in [4.78, 5) is 10.4. The summed E-state index contributed by atoms with van der Waals surface area (Å²) >= 11 is 11.7. The Morgan fingerprint density at radius 2 is 1.90 bits per heavy atom. The summed E-state index contributed by atoms with van der Waals surface area (Å²) in [5, 5.41) is 8.72. The molecular formula is C15H9Cl2FO3. The van der Waals surface area contributed by atoms with Gasteiger partial charge in [0.15, 0.2) is 11.6 Å². The Kier molecular flexibility index (Phi) is 4.83. The minimum absolute atomic E-state index is 0.0433. The number of carboxylic acid groups (broad SMARTS) is 1. The van der Waals surface area contributed by atoms with Crippen LogP contribution in [0.25, 0.3) is 6.08 Å². The number of aliphatic carboxylic acids is 1. The highest BCUT2D eigenvalue weighted by atomic mass is 35.5. The average molecular weight is 327 g/mol. The zero-order valence-electron chi connectivity index (χ0n) is 10.5. The largest absolute Gasteiger partial charge is 0.478 e. The van der Waals surface area contributed by atoms with Crippen molar-refractivity contribution in [2.45, 2.75) is 0 Å². The summed E-state index contributed by atoms with van der Waals surface area (Å²) in [5.74, 6) is -1.54. The maximum Gasteiger partial charge on any atom is 0.328 e. The van der Waals surface area contributed by atoms with Crippen molar-refractivity contribution >= 4 is 35.2 Å². The summed E-state index contributed by atoms with van der Waals surface area (Å²) in [6.07, 6.45) is 2.38. The molecule has 0 radical (unpaired) electrons. The smallest absolute Gasteiger partial charge is 0.328 e. The van der Waals surface area contributed by atoms with Crippen LogP contribution in [0.5, 0.6) is 11.5 Å². The van der Waals surface area contributed by atoms with E-state index < -0.39 is 11.8 Å². The number of hydrogen-bond donors (Lipinski definition) is 1. The van der Waals surface area contributed by atoms with Crippen LogP contribution in [-0.4, -0.2) is 11.1 Å². The van der Waals surface area contributed by atoms with Crippen LogP contribution in [0.3, 0.4) is 0 Å². The molecule has 0 aliphatic carbocycles. The van der Waals surface area contributed by atoms with Crippen molar-refractivity contribution < 1.29 is 19.0 Å². The van der Waals surface area contributed by atoms with Crippen molar-refractivity contribution in [3.05, 3.63) is 63.9 Å². The van der Waals surface area contributed by atoms with Crippen LogP contribution < -0.4 is 4.74 Å². The maximum absolute atomic E-state index is 13.7. The van der Waals surface area contributed by atoms with Gasteiger partial charge in [-0.15, -0.1) is 0 Å². The van der Waals surface area contributed by atoms with Gasteiger partial charge in [0.2, 0.25) is 0 Å². The molecule has 0 aromatic heterocycles. The SMILES string of the molecule is O=C(O)/C=C/c1ccc(Oc2cccc(Cl)c2F)c(Cl)c1. The van der Waals surface area contributed by atoms with E-state index in [1.54, 1.807) is 12.1 Å². The van der Waals surface area contributed by atoms with Crippen LogP contribution in [0, 0.1) is 5.82 Å². The van der Waals surface area contributed by atoms with Crippen LogP contribution in [0.15, 0.2) is 42.5 Å². The molecule has 0 atom stereocenters. The first kappa shape index (κ1) is 15.4. The van der Waals surface area contributed by atoms with Gasteiger partial charge in [0, 0.05) is 6.08 Å². The van der Waals surface area contributed by atoms with Crippen LogP contribution in [0.4, 0.5) is 4.39 Å². The molecule has 2 aromatic rings. The lowest BCUT2D eigenvalue weighted by molar-refractivity contribution is -0.131. The van der Waals surface area contributed by atoms with Crippen LogP contribution in [-0.2, 0) is 4.79 Å². The molecule has 2 rings (SSSR count). The lowest BCUT2D eigenvalue weighted by atomic mass is 10.2. The quantitative estimate of drug-likeness (QED) is 0.802. The number of carboxylic acids is 1. The van der Waals surface area contributed by atoms with Gasteiger partial charge in [-0.1, -0.05) is 35.3 Å². The van der Waals surface area contributed by atoms with Crippen molar-refractivity contribution in [1.29, 1.82) is 0 Å². The van der Waals surface area contributed by atoms with E-state index in [-0.39, 0.29) is 21.5 Å². The molecule has 0 saturated carbocycles. The minimum atomic E-state index is -1.06. The minimum Gasteiger partial charge on any atom is -0.478 e. The van der Waals surface area contributed by atoms with Crippen molar-refractivity contribution in [2.75, 3.05) is 0 Å². The fraction of sp³-hybridized carbons (Fsp3) is 0. The standard InChI is InChI=1S/C15H9Cl2FO3/c16-10-2-1-3-13(15(10)18)21-12-6-4-9(8-11(12)17)5-7-14(19)20/h1-8H,(H,19,20)/b7-5+. The second-order valence-corrected chi connectivity index (χ2v) is 4.83. The van der Waals surface area contributed by atoms with E-state index in [0.29, 0.717) is 5.56 Å². The molecule has 21 heavy (non-hydrogen) atoms. The molecule has 1 N–H and O–H groups in total. The predicted octanol–water partition coefficient (Wildman–Crippen LogP) is 5.02. The fourth-order valence-corrected chi connectivity index (χ4v) is 1.95. The van der Waals surface area contributed by atoms with Gasteiger partial charge in [0.05, 0.1) is 10.0 Å². The second kappa shape index (κ2) is 6.61. The number of benzene rings is 2. The molecule has 0 amide bonds. The molecule has 0 aliphatic heterocycles. The maximum atomic E-state index is 13.7. The normalized spacial score (nSPS) is 10.8. The van der Waals surface area contributed by atoms with Crippen LogP contribution >= 0.6 is 23.2 Å². The molecule has 108 valence electrons. The first-order chi connectivity index (χ1) is 9.97. The molecule has 0 bridgehead atoms. The zero-order valence-corrected chi connectivity index (χ0v) is 12.0. The Morgan fingerprint density at radius 1 is 1.14 bits per heavy atom. The molecular weight excluding hydrogens is 318 g/mol. The van der Waals surface area contributed by atoms with E-state index in [4.69, 9.17) is 33.0 Å². The molecule has 0 aliphatic rings. The highest BCUT2D eigenvalue weighted by Gasteiger charge is 2.10. The van der Waals surface area contributed by atoms with Gasteiger partial charge in [0.25, 0.3) is 0 Å². The van der Waals surface area contributed by atoms with Gasteiger partial charge in [-0.3, -0.25) is 0 Å². The Bertz CT molecular complexity index is 714. The number of hydrogen-bond acceptors (Lipinski definition) is 2. The third kappa shape index (κ3) is 3.97. The van der Waals surface area contributed by atoms with Gasteiger partial charge < -0.3 is 9.84 Å². The number of halogens is 3. The van der Waals surface area contributed by atoms with Gasteiger partial charge in [0.1, 0.15) is 5.75 Å². The Balaban J connectivity index is 2.25. The van der Waals surface area contributed by atoms with E-state index in [0.717, 1.165) is 6.08 Å². The van der Waals surface area contributed by atoms with Crippen molar-refractivity contribution in [2.24, 2.45) is 0 Å². The molecule has 6 heteroatoms. The summed E-state index contributed by atoms with van der Waals surface area (Å²) in [6.45, 7) is 0. The molecule has 0 heterocycles. The van der Waals surface area contributed by atoms with E-state index >= 15 is 0 Å². The number of carbonyl (C=O) groups is 1. The average Bonchev–Trinajstić information content (AvgIpc) is 2.44. The van der Waals surface area contributed by atoms with Crippen molar-refractivity contribution in [3.8, 4) is 11.5 Å². The third-order valence-electron chi connectivity index (χ3n) is 2.51. The second-order valence-electron chi connectivity index (χ2n) is 4.02. The lowest BCUT2D eigenvalue weighted by Crippen LogP contribution is -1.90. The fourth-order valence-electron chi connectivity index (χ4n) is 1.55. The van der Waals surface area contributed by atoms with Crippen molar-refractivity contribution in [1.82, 2.24) is 0 Å². The van der Waals surface area contributed by atoms with E-state index in [1.165, 1.54) is 30.3 Å². The molecule has 0 unspecified atom stereocenters. The zero-order chi connectivity index (χ0) is 15.4. The summed E-state index contributed by atoms with van der Waals surface area (Å²) in [7, 11) is 0. The van der Waals surface area contributed by atoms with Gasteiger partial charge >= 0.3 is 5.97 Å². The Labute approximate surface area is 130 Å². The first-order valence-corrected chi connectivity index (χ1v) is 6.55. The van der Waals surface area contributed by atoms with Gasteiger partial charge in [-0.05, 0) is 35.9 Å². The van der Waals surface area contributed by atoms with Crippen LogP contribution in [0.1, 0.15) is 5.56 Å². The number of ether oxygens (including phenoxy) is 1. The predicted molar refractivity (Wildman–Crippen MR) is 79.6 cm³/mol. The molecule has 2 aromatic carbocycles. The molecule has 3 nitrogen and oxygen atoms in total. The van der Waals surface area contributed by atoms with Gasteiger partial charge in [-0.25, -0.2) is 9.18 Å². The van der Waals surface area contributed by atoms with Crippen molar-refractivity contribution in [3.63, 3.8) is 0 Å². The van der Waals surface area contributed by atoms with Crippen LogP contribution in [0.2, 0.25) is 10.0 Å². The topological polar surface area (TPSA) is 46.5 Å². The Morgan fingerprint density at radius 3 is 2.57 bits per heavy atom. The lowest BCUT2D eigenvalue weighted by Gasteiger charge is -2.09. The highest BCUT2D eigenvalue weighted by Crippen LogP contribution is 2.33. The van der Waals surface area contributed by atoms with E-state index in [9.17, 15) is 9.18 Å². The number of rotatable bonds is 4. The monoisotopic (exact) mass is 326 g/mol. The first-order valence-electron chi connectivity index (χ1n) is 5.80. The van der Waals surface area contributed by atoms with Gasteiger partial charge in [-0.2, -0.15) is 0 Å². The highest BCUT2D eigenvalue weighted by molar-refractivity contribution is 6.32. The molecule has 0 saturated heterocycles. The summed E-state index contributed by atoms with van der Waals surface area (Å²) in [6, 6.07) is 9.02. The molecule has 0 fully saturated rings. The molecule has 0 spiro atoms. The summed E-state index contributed by atoms with van der Waals surface area (Å²) in [5.41, 5.74) is 0.585.